The predicted molar refractivity (Wildman–Crippen MR) is 55.7 cm³/mol. The minimum absolute atomic E-state index is 0.0815. The fourth-order valence-electron chi connectivity index (χ4n) is 1.00. The molecule has 1 rings (SSSR count). The van der Waals surface area contributed by atoms with Gasteiger partial charge in [0.15, 0.2) is 11.6 Å². The molecule has 2 nitrogen and oxygen atoms in total. The number of benzene rings is 1. The molecule has 0 heterocycles. The number of nitrogen functional groups attached to an aromatic ring is 1. The van der Waals surface area contributed by atoms with E-state index >= 15 is 0 Å². The molecule has 0 radical (unpaired) electrons. The van der Waals surface area contributed by atoms with Crippen LogP contribution in [0, 0.1) is 17.6 Å². The first-order chi connectivity index (χ1) is 7.04. The Morgan fingerprint density at radius 2 is 2.00 bits per heavy atom. The fraction of sp³-hybridized carbons (Fsp3) is 0.455. The standard InChI is InChI=1S/C11H15F2NO/c1-3-7(2)6-15-11-5-8(12)10(14)4-9(11)13/h4-5,7H,3,6,14H2,1-2H3. The summed E-state index contributed by atoms with van der Waals surface area (Å²) in [5.41, 5.74) is 5.00. The van der Waals surface area contributed by atoms with Crippen molar-refractivity contribution in [3.8, 4) is 5.75 Å². The number of ether oxygens (including phenoxy) is 1. The lowest BCUT2D eigenvalue weighted by molar-refractivity contribution is 0.245. The Hall–Kier alpha value is -1.32. The molecule has 0 spiro atoms. The average molecular weight is 215 g/mol. The van der Waals surface area contributed by atoms with Crippen LogP contribution in [0.4, 0.5) is 14.5 Å². The highest BCUT2D eigenvalue weighted by Gasteiger charge is 2.09. The molecule has 4 heteroatoms. The first-order valence-corrected chi connectivity index (χ1v) is 4.92. The van der Waals surface area contributed by atoms with Crippen LogP contribution in [0.1, 0.15) is 20.3 Å². The van der Waals surface area contributed by atoms with Gasteiger partial charge in [-0.1, -0.05) is 20.3 Å². The van der Waals surface area contributed by atoms with Gasteiger partial charge in [0.05, 0.1) is 12.3 Å². The van der Waals surface area contributed by atoms with Crippen LogP contribution in [-0.2, 0) is 0 Å². The van der Waals surface area contributed by atoms with Crippen LogP contribution in [0.15, 0.2) is 12.1 Å². The third-order valence-electron chi connectivity index (χ3n) is 2.27. The fourth-order valence-corrected chi connectivity index (χ4v) is 1.00. The second kappa shape index (κ2) is 4.96. The van der Waals surface area contributed by atoms with Crippen LogP contribution in [0.2, 0.25) is 0 Å². The predicted octanol–water partition coefficient (Wildman–Crippen LogP) is 2.97. The maximum atomic E-state index is 13.2. The van der Waals surface area contributed by atoms with Crippen LogP contribution in [0.25, 0.3) is 0 Å². The summed E-state index contributed by atoms with van der Waals surface area (Å²) in [5, 5.41) is 0. The maximum Gasteiger partial charge on any atom is 0.167 e. The first kappa shape index (κ1) is 11.8. The Bertz CT molecular complexity index is 342. The van der Waals surface area contributed by atoms with Crippen molar-refractivity contribution in [1.82, 2.24) is 0 Å². The minimum atomic E-state index is -0.657. The molecule has 0 aliphatic rings. The molecule has 0 aliphatic carbocycles. The van der Waals surface area contributed by atoms with Crippen molar-refractivity contribution in [2.75, 3.05) is 12.3 Å². The van der Waals surface area contributed by atoms with E-state index in [0.717, 1.165) is 18.6 Å². The third-order valence-corrected chi connectivity index (χ3v) is 2.27. The van der Waals surface area contributed by atoms with Crippen LogP contribution in [-0.4, -0.2) is 6.61 Å². The first-order valence-electron chi connectivity index (χ1n) is 4.92. The van der Waals surface area contributed by atoms with Gasteiger partial charge < -0.3 is 10.5 Å². The van der Waals surface area contributed by atoms with Crippen LogP contribution < -0.4 is 10.5 Å². The van der Waals surface area contributed by atoms with Gasteiger partial charge in [0.1, 0.15) is 5.82 Å². The smallest absolute Gasteiger partial charge is 0.167 e. The zero-order valence-corrected chi connectivity index (χ0v) is 8.89. The lowest BCUT2D eigenvalue weighted by Gasteiger charge is -2.12. The number of rotatable bonds is 4. The summed E-state index contributed by atoms with van der Waals surface area (Å²) in [6.07, 6.45) is 0.930. The Morgan fingerprint density at radius 1 is 1.33 bits per heavy atom. The number of hydrogen-bond donors (Lipinski definition) is 1. The Labute approximate surface area is 88.0 Å². The molecule has 84 valence electrons. The van der Waals surface area contributed by atoms with Gasteiger partial charge in [-0.2, -0.15) is 0 Å². The molecule has 0 aliphatic heterocycles. The Balaban J connectivity index is 2.73. The van der Waals surface area contributed by atoms with Gasteiger partial charge in [-0.15, -0.1) is 0 Å². The second-order valence-corrected chi connectivity index (χ2v) is 3.63. The maximum absolute atomic E-state index is 13.2. The molecule has 15 heavy (non-hydrogen) atoms. The number of halogens is 2. The normalized spacial score (nSPS) is 12.5. The van der Waals surface area contributed by atoms with Gasteiger partial charge >= 0.3 is 0 Å². The van der Waals surface area contributed by atoms with E-state index in [1.165, 1.54) is 0 Å². The van der Waals surface area contributed by atoms with E-state index in [0.29, 0.717) is 12.5 Å². The van der Waals surface area contributed by atoms with E-state index in [-0.39, 0.29) is 11.4 Å². The van der Waals surface area contributed by atoms with E-state index in [9.17, 15) is 8.78 Å². The van der Waals surface area contributed by atoms with E-state index in [2.05, 4.69) is 0 Å². The summed E-state index contributed by atoms with van der Waals surface area (Å²) < 4.78 is 31.4. The molecule has 0 aromatic heterocycles. The summed E-state index contributed by atoms with van der Waals surface area (Å²) in [4.78, 5) is 0. The monoisotopic (exact) mass is 215 g/mol. The van der Waals surface area contributed by atoms with E-state index in [1.807, 2.05) is 13.8 Å². The van der Waals surface area contributed by atoms with Gasteiger partial charge in [0, 0.05) is 12.1 Å². The molecule has 1 aromatic carbocycles. The number of anilines is 1. The van der Waals surface area contributed by atoms with E-state index in [1.54, 1.807) is 0 Å². The van der Waals surface area contributed by atoms with Gasteiger partial charge in [0.25, 0.3) is 0 Å². The summed E-state index contributed by atoms with van der Waals surface area (Å²) in [7, 11) is 0. The molecule has 0 saturated heterocycles. The summed E-state index contributed by atoms with van der Waals surface area (Å²) >= 11 is 0. The van der Waals surface area contributed by atoms with Crippen LogP contribution >= 0.6 is 0 Å². The highest BCUT2D eigenvalue weighted by atomic mass is 19.1. The minimum Gasteiger partial charge on any atom is -0.490 e. The number of nitrogens with two attached hydrogens (primary N) is 1. The van der Waals surface area contributed by atoms with Crippen molar-refractivity contribution in [3.63, 3.8) is 0 Å². The van der Waals surface area contributed by atoms with Crippen LogP contribution in [0.5, 0.6) is 5.75 Å². The quantitative estimate of drug-likeness (QED) is 0.783. The summed E-state index contributed by atoms with van der Waals surface area (Å²) in [5.74, 6) is -1.06. The Kier molecular flexibility index (Phi) is 3.88. The molecule has 1 unspecified atom stereocenters. The zero-order valence-electron chi connectivity index (χ0n) is 8.89. The number of hydrogen-bond acceptors (Lipinski definition) is 2. The van der Waals surface area contributed by atoms with E-state index in [4.69, 9.17) is 10.5 Å². The molecular weight excluding hydrogens is 200 g/mol. The lowest BCUT2D eigenvalue weighted by atomic mass is 10.1. The van der Waals surface area contributed by atoms with Crippen molar-refractivity contribution >= 4 is 5.69 Å². The largest absolute Gasteiger partial charge is 0.490 e. The molecular formula is C11H15F2NO. The Morgan fingerprint density at radius 3 is 2.60 bits per heavy atom. The van der Waals surface area contributed by atoms with Crippen molar-refractivity contribution in [3.05, 3.63) is 23.8 Å². The molecule has 0 saturated carbocycles. The van der Waals surface area contributed by atoms with Crippen molar-refractivity contribution in [1.29, 1.82) is 0 Å². The van der Waals surface area contributed by atoms with Gasteiger partial charge in [-0.25, -0.2) is 8.78 Å². The molecule has 1 aromatic rings. The molecule has 2 N–H and O–H groups in total. The second-order valence-electron chi connectivity index (χ2n) is 3.63. The molecule has 0 fully saturated rings. The van der Waals surface area contributed by atoms with Gasteiger partial charge in [-0.3, -0.25) is 0 Å². The van der Waals surface area contributed by atoms with Gasteiger partial charge in [-0.05, 0) is 5.92 Å². The highest BCUT2D eigenvalue weighted by Crippen LogP contribution is 2.23. The SMILES string of the molecule is CCC(C)COc1cc(F)c(N)cc1F. The zero-order chi connectivity index (χ0) is 11.4. The van der Waals surface area contributed by atoms with Crippen molar-refractivity contribution < 1.29 is 13.5 Å². The van der Waals surface area contributed by atoms with Crippen molar-refractivity contribution in [2.24, 2.45) is 5.92 Å². The lowest BCUT2D eigenvalue weighted by Crippen LogP contribution is -2.08. The van der Waals surface area contributed by atoms with E-state index < -0.39 is 11.6 Å². The molecule has 1 atom stereocenters. The topological polar surface area (TPSA) is 35.2 Å². The highest BCUT2D eigenvalue weighted by molar-refractivity contribution is 5.44. The average Bonchev–Trinajstić information content (AvgIpc) is 2.21. The van der Waals surface area contributed by atoms with Crippen molar-refractivity contribution in [2.45, 2.75) is 20.3 Å². The summed E-state index contributed by atoms with van der Waals surface area (Å²) in [6.45, 7) is 4.36. The van der Waals surface area contributed by atoms with Crippen LogP contribution in [0.3, 0.4) is 0 Å². The van der Waals surface area contributed by atoms with Gasteiger partial charge in [0.2, 0.25) is 0 Å². The molecule has 0 bridgehead atoms. The summed E-state index contributed by atoms with van der Waals surface area (Å²) in [6, 6.07) is 1.91. The third kappa shape index (κ3) is 3.08. The molecule has 0 amide bonds.